The fraction of sp³-hybridized carbons (Fsp3) is 0.529. The third-order valence-electron chi connectivity index (χ3n) is 4.89. The maximum absolute atomic E-state index is 12.5. The summed E-state index contributed by atoms with van der Waals surface area (Å²) in [7, 11) is 0. The molecule has 0 radical (unpaired) electrons. The summed E-state index contributed by atoms with van der Waals surface area (Å²) in [5.41, 5.74) is 7.76. The van der Waals surface area contributed by atoms with E-state index in [9.17, 15) is 9.59 Å². The van der Waals surface area contributed by atoms with Crippen LogP contribution in [0.25, 0.3) is 0 Å². The number of carbonyl (C=O) groups excluding carboxylic acids is 2. The lowest BCUT2D eigenvalue weighted by atomic mass is 9.79. The van der Waals surface area contributed by atoms with Gasteiger partial charge in [-0.2, -0.15) is 0 Å². The Labute approximate surface area is 131 Å². The molecule has 0 bridgehead atoms. The smallest absolute Gasteiger partial charge is 0.254 e. The van der Waals surface area contributed by atoms with Crippen LogP contribution < -0.4 is 5.73 Å². The van der Waals surface area contributed by atoms with Gasteiger partial charge in [0.05, 0.1) is 0 Å². The summed E-state index contributed by atoms with van der Waals surface area (Å²) in [6, 6.07) is 7.67. The van der Waals surface area contributed by atoms with Crippen LogP contribution in [0.3, 0.4) is 0 Å². The predicted molar refractivity (Wildman–Crippen MR) is 84.1 cm³/mol. The molecule has 5 heteroatoms. The number of rotatable bonds is 2. The Morgan fingerprint density at radius 3 is 2.77 bits per heavy atom. The van der Waals surface area contributed by atoms with E-state index in [1.807, 2.05) is 29.2 Å². The summed E-state index contributed by atoms with van der Waals surface area (Å²) in [5, 5.41) is 0. The van der Waals surface area contributed by atoms with E-state index in [4.69, 9.17) is 5.73 Å². The molecule has 118 valence electrons. The third-order valence-corrected chi connectivity index (χ3v) is 4.89. The quantitative estimate of drug-likeness (QED) is 0.893. The van der Waals surface area contributed by atoms with E-state index < -0.39 is 0 Å². The highest BCUT2D eigenvalue weighted by molar-refractivity contribution is 6.00. The molecule has 2 aliphatic rings. The van der Waals surface area contributed by atoms with Crippen LogP contribution in [0, 0.1) is 5.41 Å². The lowest BCUT2D eigenvalue weighted by Gasteiger charge is -2.43. The van der Waals surface area contributed by atoms with E-state index >= 15 is 0 Å². The second-order valence-electron chi connectivity index (χ2n) is 7.02. The van der Waals surface area contributed by atoms with Crippen molar-refractivity contribution in [3.05, 3.63) is 35.4 Å². The number of piperidine rings is 1. The van der Waals surface area contributed by atoms with Crippen molar-refractivity contribution in [3.8, 4) is 0 Å². The Balaban J connectivity index is 1.65. The van der Waals surface area contributed by atoms with Gasteiger partial charge in [0, 0.05) is 31.2 Å². The Bertz CT molecular complexity index is 612. The van der Waals surface area contributed by atoms with Gasteiger partial charge >= 0.3 is 0 Å². The molecule has 2 aliphatic heterocycles. The number of hydrogen-bond acceptors (Lipinski definition) is 3. The Hall–Kier alpha value is -1.88. The molecule has 1 atom stereocenters. The van der Waals surface area contributed by atoms with Gasteiger partial charge in [-0.1, -0.05) is 32.0 Å². The summed E-state index contributed by atoms with van der Waals surface area (Å²) in [6.45, 7) is 6.19. The monoisotopic (exact) mass is 301 g/mol. The zero-order chi connectivity index (χ0) is 15.9. The number of hydrogen-bond donors (Lipinski definition) is 1. The van der Waals surface area contributed by atoms with Crippen LogP contribution in [0.2, 0.25) is 0 Å². The average Bonchev–Trinajstić information content (AvgIpc) is 2.79. The maximum Gasteiger partial charge on any atom is 0.254 e. The van der Waals surface area contributed by atoms with Crippen LogP contribution in [0.4, 0.5) is 0 Å². The number of carbonyl (C=O) groups is 2. The summed E-state index contributed by atoms with van der Waals surface area (Å²) >= 11 is 0. The largest absolute Gasteiger partial charge is 0.341 e. The van der Waals surface area contributed by atoms with E-state index in [-0.39, 0.29) is 29.8 Å². The summed E-state index contributed by atoms with van der Waals surface area (Å²) in [4.78, 5) is 28.3. The second-order valence-corrected chi connectivity index (χ2v) is 7.02. The van der Waals surface area contributed by atoms with Crippen LogP contribution in [0.1, 0.15) is 36.2 Å². The number of amides is 2. The highest BCUT2D eigenvalue weighted by atomic mass is 16.2. The van der Waals surface area contributed by atoms with Crippen molar-refractivity contribution in [2.45, 2.75) is 32.9 Å². The van der Waals surface area contributed by atoms with Gasteiger partial charge in [0.25, 0.3) is 5.91 Å². The van der Waals surface area contributed by atoms with Gasteiger partial charge in [-0.3, -0.25) is 9.59 Å². The highest BCUT2D eigenvalue weighted by Crippen LogP contribution is 2.28. The number of nitrogens with two attached hydrogens (primary N) is 1. The molecule has 1 fully saturated rings. The lowest BCUT2D eigenvalue weighted by molar-refractivity contribution is -0.135. The number of fused-ring (bicyclic) bond motifs is 1. The van der Waals surface area contributed by atoms with Gasteiger partial charge in [0.15, 0.2) is 0 Å². The van der Waals surface area contributed by atoms with E-state index in [0.717, 1.165) is 17.5 Å². The van der Waals surface area contributed by atoms with Gasteiger partial charge in [-0.15, -0.1) is 0 Å². The molecule has 0 aliphatic carbocycles. The third kappa shape index (κ3) is 2.61. The zero-order valence-corrected chi connectivity index (χ0v) is 13.2. The molecule has 1 unspecified atom stereocenters. The molecule has 0 aromatic heterocycles. The second kappa shape index (κ2) is 5.39. The minimum Gasteiger partial charge on any atom is -0.341 e. The SMILES string of the molecule is CC1(C)CN(C(=O)CN2Cc3ccccc3C2=O)CCC1N. The van der Waals surface area contributed by atoms with Gasteiger partial charge in [-0.25, -0.2) is 0 Å². The van der Waals surface area contributed by atoms with Crippen LogP contribution >= 0.6 is 0 Å². The maximum atomic E-state index is 12.5. The standard InChI is InChI=1S/C17H23N3O2/c1-17(2)11-19(8-7-14(17)18)15(21)10-20-9-12-5-3-4-6-13(12)16(20)22/h3-6,14H,7-11,18H2,1-2H3. The number of nitrogens with zero attached hydrogens (tertiary/aromatic N) is 2. The van der Waals surface area contributed by atoms with E-state index in [2.05, 4.69) is 13.8 Å². The molecule has 3 rings (SSSR count). The van der Waals surface area contributed by atoms with Gasteiger partial charge < -0.3 is 15.5 Å². The normalized spacial score (nSPS) is 23.6. The first kappa shape index (κ1) is 15.0. The number of likely N-dealkylation sites (tertiary alicyclic amines) is 1. The number of benzene rings is 1. The topological polar surface area (TPSA) is 66.6 Å². The molecule has 1 aromatic carbocycles. The minimum absolute atomic E-state index is 0.0149. The molecule has 2 N–H and O–H groups in total. The van der Waals surface area contributed by atoms with Gasteiger partial charge in [0.2, 0.25) is 5.91 Å². The summed E-state index contributed by atoms with van der Waals surface area (Å²) < 4.78 is 0. The van der Waals surface area contributed by atoms with Crippen LogP contribution in [-0.4, -0.2) is 47.3 Å². The van der Waals surface area contributed by atoms with Crippen molar-refractivity contribution >= 4 is 11.8 Å². The zero-order valence-electron chi connectivity index (χ0n) is 13.2. The van der Waals surface area contributed by atoms with E-state index in [0.29, 0.717) is 19.6 Å². The first-order chi connectivity index (χ1) is 10.4. The molecular formula is C17H23N3O2. The Morgan fingerprint density at radius 2 is 2.09 bits per heavy atom. The summed E-state index contributed by atoms with van der Waals surface area (Å²) in [5.74, 6) is -0.0296. The molecule has 5 nitrogen and oxygen atoms in total. The fourth-order valence-corrected chi connectivity index (χ4v) is 3.29. The average molecular weight is 301 g/mol. The Morgan fingerprint density at radius 1 is 1.36 bits per heavy atom. The first-order valence-electron chi connectivity index (χ1n) is 7.79. The lowest BCUT2D eigenvalue weighted by Crippen LogP contribution is -2.55. The summed E-state index contributed by atoms with van der Waals surface area (Å²) in [6.07, 6.45) is 0.812. The van der Waals surface area contributed by atoms with Crippen molar-refractivity contribution in [2.75, 3.05) is 19.6 Å². The molecule has 2 heterocycles. The molecule has 0 saturated carbocycles. The van der Waals surface area contributed by atoms with Crippen molar-refractivity contribution in [2.24, 2.45) is 11.1 Å². The molecule has 2 amide bonds. The van der Waals surface area contributed by atoms with E-state index in [1.54, 1.807) is 4.90 Å². The van der Waals surface area contributed by atoms with Gasteiger partial charge in [0.1, 0.15) is 6.54 Å². The fourth-order valence-electron chi connectivity index (χ4n) is 3.29. The predicted octanol–water partition coefficient (Wildman–Crippen LogP) is 1.23. The highest BCUT2D eigenvalue weighted by Gasteiger charge is 2.36. The van der Waals surface area contributed by atoms with Crippen molar-refractivity contribution in [1.82, 2.24) is 9.80 Å². The van der Waals surface area contributed by atoms with Crippen molar-refractivity contribution in [1.29, 1.82) is 0 Å². The van der Waals surface area contributed by atoms with Crippen molar-refractivity contribution < 1.29 is 9.59 Å². The van der Waals surface area contributed by atoms with Gasteiger partial charge in [-0.05, 0) is 23.5 Å². The van der Waals surface area contributed by atoms with Crippen LogP contribution in [0.5, 0.6) is 0 Å². The molecule has 1 saturated heterocycles. The molecule has 1 aromatic rings. The van der Waals surface area contributed by atoms with Crippen LogP contribution in [0.15, 0.2) is 24.3 Å². The first-order valence-corrected chi connectivity index (χ1v) is 7.79. The molecular weight excluding hydrogens is 278 g/mol. The van der Waals surface area contributed by atoms with E-state index in [1.165, 1.54) is 0 Å². The van der Waals surface area contributed by atoms with Crippen LogP contribution in [-0.2, 0) is 11.3 Å². The van der Waals surface area contributed by atoms with Crippen molar-refractivity contribution in [3.63, 3.8) is 0 Å². The minimum atomic E-state index is -0.0775. The Kier molecular flexibility index (Phi) is 3.68. The molecule has 22 heavy (non-hydrogen) atoms. The molecule has 0 spiro atoms.